The Morgan fingerprint density at radius 3 is 3.00 bits per heavy atom. The molecular formula is C10H19NO2. The topological polar surface area (TPSA) is 29.5 Å². The molecule has 13 heavy (non-hydrogen) atoms. The van der Waals surface area contributed by atoms with E-state index in [1.165, 1.54) is 26.4 Å². The molecule has 1 aliphatic rings. The lowest BCUT2D eigenvalue weighted by atomic mass is 9.96. The molecule has 1 rings (SSSR count). The highest BCUT2D eigenvalue weighted by molar-refractivity contribution is 5.71. The Labute approximate surface area is 80.1 Å². The average molecular weight is 185 g/mol. The molecule has 1 heterocycles. The van der Waals surface area contributed by atoms with E-state index in [2.05, 4.69) is 16.6 Å². The first-order valence-corrected chi connectivity index (χ1v) is 5.05. The third-order valence-electron chi connectivity index (χ3n) is 2.76. The van der Waals surface area contributed by atoms with Gasteiger partial charge in [-0.3, -0.25) is 9.69 Å². The van der Waals surface area contributed by atoms with Gasteiger partial charge in [0.25, 0.3) is 0 Å². The van der Waals surface area contributed by atoms with Gasteiger partial charge in [0.15, 0.2) is 0 Å². The molecule has 0 amide bonds. The van der Waals surface area contributed by atoms with Crippen LogP contribution >= 0.6 is 0 Å². The predicted octanol–water partition coefficient (Wildman–Crippen LogP) is 1.28. The summed E-state index contributed by atoms with van der Waals surface area (Å²) in [6.45, 7) is 4.79. The summed E-state index contributed by atoms with van der Waals surface area (Å²) in [5.41, 5.74) is 0. The third kappa shape index (κ3) is 3.35. The minimum Gasteiger partial charge on any atom is -0.468 e. The fourth-order valence-corrected chi connectivity index (χ4v) is 1.88. The van der Waals surface area contributed by atoms with Crippen molar-refractivity contribution in [3.05, 3.63) is 0 Å². The quantitative estimate of drug-likeness (QED) is 0.620. The molecule has 76 valence electrons. The number of carbonyl (C=O) groups is 1. The van der Waals surface area contributed by atoms with Gasteiger partial charge in [0.1, 0.15) is 0 Å². The molecule has 0 aromatic carbocycles. The fourth-order valence-electron chi connectivity index (χ4n) is 1.88. The Morgan fingerprint density at radius 1 is 1.62 bits per heavy atom. The number of piperidine rings is 1. The van der Waals surface area contributed by atoms with Crippen molar-refractivity contribution in [3.63, 3.8) is 0 Å². The lowest BCUT2D eigenvalue weighted by Crippen LogP contribution is -2.38. The summed E-state index contributed by atoms with van der Waals surface area (Å²) in [5, 5.41) is 0. The smallest absolute Gasteiger partial charge is 0.319 e. The van der Waals surface area contributed by atoms with E-state index in [1.54, 1.807) is 0 Å². The number of hydrogen-bond donors (Lipinski definition) is 0. The van der Waals surface area contributed by atoms with Crippen molar-refractivity contribution in [3.8, 4) is 0 Å². The zero-order valence-electron chi connectivity index (χ0n) is 8.58. The van der Waals surface area contributed by atoms with Gasteiger partial charge >= 0.3 is 5.97 Å². The van der Waals surface area contributed by atoms with Gasteiger partial charge in [0, 0.05) is 6.54 Å². The summed E-state index contributed by atoms with van der Waals surface area (Å²) >= 11 is 0. The molecule has 0 bridgehead atoms. The van der Waals surface area contributed by atoms with Crippen LogP contribution in [-0.2, 0) is 9.53 Å². The number of carbonyl (C=O) groups excluding carboxylic acids is 1. The number of likely N-dealkylation sites (tertiary alicyclic amines) is 1. The van der Waals surface area contributed by atoms with Gasteiger partial charge in [-0.2, -0.15) is 0 Å². The Balaban J connectivity index is 2.29. The molecule has 0 aromatic rings. The standard InChI is InChI=1S/C10H19NO2/c1-3-9-5-4-6-11(7-9)8-10(12)13-2/h9H,3-8H2,1-2H3. The van der Waals surface area contributed by atoms with Crippen molar-refractivity contribution in [2.45, 2.75) is 26.2 Å². The van der Waals surface area contributed by atoms with Gasteiger partial charge < -0.3 is 4.74 Å². The van der Waals surface area contributed by atoms with Crippen LogP contribution in [-0.4, -0.2) is 37.6 Å². The number of nitrogens with zero attached hydrogens (tertiary/aromatic N) is 1. The van der Waals surface area contributed by atoms with E-state index < -0.39 is 0 Å². The summed E-state index contributed by atoms with van der Waals surface area (Å²) in [5.74, 6) is 0.662. The number of hydrogen-bond acceptors (Lipinski definition) is 3. The highest BCUT2D eigenvalue weighted by Gasteiger charge is 2.20. The van der Waals surface area contributed by atoms with Gasteiger partial charge in [-0.05, 0) is 25.3 Å². The Bertz CT molecular complexity index is 170. The molecule has 0 N–H and O–H groups in total. The molecule has 0 aliphatic carbocycles. The molecule has 1 saturated heterocycles. The van der Waals surface area contributed by atoms with Crippen LogP contribution in [0.3, 0.4) is 0 Å². The predicted molar refractivity (Wildman–Crippen MR) is 51.5 cm³/mol. The second-order valence-electron chi connectivity index (χ2n) is 3.73. The number of methoxy groups -OCH3 is 1. The molecule has 0 spiro atoms. The van der Waals surface area contributed by atoms with Crippen molar-refractivity contribution in [2.75, 3.05) is 26.7 Å². The third-order valence-corrected chi connectivity index (χ3v) is 2.76. The van der Waals surface area contributed by atoms with E-state index in [0.29, 0.717) is 6.54 Å². The molecule has 1 atom stereocenters. The van der Waals surface area contributed by atoms with E-state index in [9.17, 15) is 4.79 Å². The van der Waals surface area contributed by atoms with Gasteiger partial charge in [-0.15, -0.1) is 0 Å². The Morgan fingerprint density at radius 2 is 2.38 bits per heavy atom. The monoisotopic (exact) mass is 185 g/mol. The van der Waals surface area contributed by atoms with Crippen molar-refractivity contribution in [1.29, 1.82) is 0 Å². The minimum atomic E-state index is -0.114. The van der Waals surface area contributed by atoms with E-state index in [1.807, 2.05) is 0 Å². The van der Waals surface area contributed by atoms with Gasteiger partial charge in [-0.25, -0.2) is 0 Å². The molecule has 3 nitrogen and oxygen atoms in total. The van der Waals surface area contributed by atoms with Crippen LogP contribution in [0.1, 0.15) is 26.2 Å². The molecule has 0 saturated carbocycles. The molecule has 1 fully saturated rings. The van der Waals surface area contributed by atoms with Crippen LogP contribution in [0.2, 0.25) is 0 Å². The largest absolute Gasteiger partial charge is 0.468 e. The van der Waals surface area contributed by atoms with Gasteiger partial charge in [0.2, 0.25) is 0 Å². The van der Waals surface area contributed by atoms with E-state index in [0.717, 1.165) is 19.0 Å². The highest BCUT2D eigenvalue weighted by atomic mass is 16.5. The summed E-state index contributed by atoms with van der Waals surface area (Å²) in [6.07, 6.45) is 3.75. The van der Waals surface area contributed by atoms with Gasteiger partial charge in [0.05, 0.1) is 13.7 Å². The SMILES string of the molecule is CCC1CCCN(CC(=O)OC)C1. The fraction of sp³-hybridized carbons (Fsp3) is 0.900. The minimum absolute atomic E-state index is 0.114. The normalized spacial score (nSPS) is 24.3. The van der Waals surface area contributed by atoms with Crippen LogP contribution in [0.15, 0.2) is 0 Å². The zero-order chi connectivity index (χ0) is 9.68. The van der Waals surface area contributed by atoms with Crippen LogP contribution in [0.5, 0.6) is 0 Å². The Kier molecular flexibility index (Phi) is 4.22. The van der Waals surface area contributed by atoms with Crippen LogP contribution in [0, 0.1) is 5.92 Å². The van der Waals surface area contributed by atoms with Crippen molar-refractivity contribution < 1.29 is 9.53 Å². The van der Waals surface area contributed by atoms with E-state index in [-0.39, 0.29) is 5.97 Å². The second-order valence-corrected chi connectivity index (χ2v) is 3.73. The molecule has 1 aliphatic heterocycles. The number of ether oxygens (including phenoxy) is 1. The first-order chi connectivity index (χ1) is 6.26. The molecule has 3 heteroatoms. The molecule has 1 unspecified atom stereocenters. The van der Waals surface area contributed by atoms with Crippen LogP contribution in [0.25, 0.3) is 0 Å². The molecule has 0 radical (unpaired) electrons. The van der Waals surface area contributed by atoms with Crippen molar-refractivity contribution >= 4 is 5.97 Å². The lowest BCUT2D eigenvalue weighted by Gasteiger charge is -2.31. The lowest BCUT2D eigenvalue weighted by molar-refractivity contribution is -0.142. The summed E-state index contributed by atoms with van der Waals surface area (Å²) in [7, 11) is 1.45. The molecular weight excluding hydrogens is 166 g/mol. The van der Waals surface area contributed by atoms with E-state index in [4.69, 9.17) is 0 Å². The van der Waals surface area contributed by atoms with E-state index >= 15 is 0 Å². The van der Waals surface area contributed by atoms with Gasteiger partial charge in [-0.1, -0.05) is 13.3 Å². The number of rotatable bonds is 3. The average Bonchev–Trinajstić information content (AvgIpc) is 2.18. The number of esters is 1. The second kappa shape index (κ2) is 5.22. The maximum Gasteiger partial charge on any atom is 0.319 e. The van der Waals surface area contributed by atoms with Crippen molar-refractivity contribution in [1.82, 2.24) is 4.90 Å². The Hall–Kier alpha value is -0.570. The first-order valence-electron chi connectivity index (χ1n) is 5.05. The highest BCUT2D eigenvalue weighted by Crippen LogP contribution is 2.18. The first kappa shape index (κ1) is 10.5. The van der Waals surface area contributed by atoms with Crippen LogP contribution in [0.4, 0.5) is 0 Å². The van der Waals surface area contributed by atoms with Crippen LogP contribution < -0.4 is 0 Å². The van der Waals surface area contributed by atoms with Crippen molar-refractivity contribution in [2.24, 2.45) is 5.92 Å². The summed E-state index contributed by atoms with van der Waals surface area (Å²) in [6, 6.07) is 0. The zero-order valence-corrected chi connectivity index (χ0v) is 8.58. The summed E-state index contributed by atoms with van der Waals surface area (Å²) < 4.78 is 4.64. The maximum absolute atomic E-state index is 11.0. The summed E-state index contributed by atoms with van der Waals surface area (Å²) in [4.78, 5) is 13.2. The maximum atomic E-state index is 11.0. The molecule has 0 aromatic heterocycles.